The van der Waals surface area contributed by atoms with Gasteiger partial charge in [-0.1, -0.05) is 36.2 Å². The first-order valence-corrected chi connectivity index (χ1v) is 8.23. The lowest BCUT2D eigenvalue weighted by Gasteiger charge is -2.23. The highest BCUT2D eigenvalue weighted by atomic mass is 79.9. The van der Waals surface area contributed by atoms with Gasteiger partial charge in [0.2, 0.25) is 5.91 Å². The van der Waals surface area contributed by atoms with Crippen molar-refractivity contribution in [2.75, 3.05) is 11.9 Å². The van der Waals surface area contributed by atoms with Gasteiger partial charge >= 0.3 is 6.03 Å². The predicted octanol–water partition coefficient (Wildman–Crippen LogP) is 2.69. The van der Waals surface area contributed by atoms with E-state index in [1.165, 1.54) is 6.92 Å². The lowest BCUT2D eigenvalue weighted by atomic mass is 9.98. The Morgan fingerprint density at radius 3 is 2.30 bits per heavy atom. The number of urea groups is 1. The van der Waals surface area contributed by atoms with E-state index in [0.717, 1.165) is 10.9 Å². The largest absolute Gasteiger partial charge is 0.347 e. The van der Waals surface area contributed by atoms with Gasteiger partial charge in [0.05, 0.1) is 6.54 Å². The highest BCUT2D eigenvalue weighted by Gasteiger charge is 2.25. The summed E-state index contributed by atoms with van der Waals surface area (Å²) in [5.41, 5.74) is 0.623. The standard InChI is InChI=1S/C16H22BrN3O3/c1-4-10(2)14(15(22)18-9-11(3)21)20-16(23)19-13-7-5-12(17)6-8-13/h5-8,10,14H,4,9H2,1-3H3,(H,18,22)(H2,19,20,23). The summed E-state index contributed by atoms with van der Waals surface area (Å²) >= 11 is 3.32. The van der Waals surface area contributed by atoms with Crippen molar-refractivity contribution < 1.29 is 14.4 Å². The minimum Gasteiger partial charge on any atom is -0.347 e. The molecule has 3 N–H and O–H groups in total. The molecule has 3 amide bonds. The average Bonchev–Trinajstić information content (AvgIpc) is 2.51. The molecule has 0 saturated heterocycles. The third-order valence-corrected chi connectivity index (χ3v) is 3.92. The molecule has 0 bridgehead atoms. The van der Waals surface area contributed by atoms with E-state index in [4.69, 9.17) is 0 Å². The predicted molar refractivity (Wildman–Crippen MR) is 93.2 cm³/mol. The van der Waals surface area contributed by atoms with Crippen molar-refractivity contribution >= 4 is 39.3 Å². The summed E-state index contributed by atoms with van der Waals surface area (Å²) in [7, 11) is 0. The molecule has 0 spiro atoms. The maximum absolute atomic E-state index is 12.2. The second kappa shape index (κ2) is 9.29. The lowest BCUT2D eigenvalue weighted by molar-refractivity contribution is -0.126. The molecule has 2 unspecified atom stereocenters. The van der Waals surface area contributed by atoms with Crippen LogP contribution in [-0.2, 0) is 9.59 Å². The van der Waals surface area contributed by atoms with E-state index >= 15 is 0 Å². The van der Waals surface area contributed by atoms with Crippen molar-refractivity contribution in [2.45, 2.75) is 33.2 Å². The molecule has 6 nitrogen and oxygen atoms in total. The number of carbonyl (C=O) groups excluding carboxylic acids is 3. The quantitative estimate of drug-likeness (QED) is 0.676. The summed E-state index contributed by atoms with van der Waals surface area (Å²) in [6.07, 6.45) is 0.719. The summed E-state index contributed by atoms with van der Waals surface area (Å²) in [6, 6.07) is 5.95. The Bertz CT molecular complexity index is 560. The van der Waals surface area contributed by atoms with Crippen LogP contribution in [-0.4, -0.2) is 30.3 Å². The Morgan fingerprint density at radius 2 is 1.78 bits per heavy atom. The number of nitrogens with one attached hydrogen (secondary N) is 3. The topological polar surface area (TPSA) is 87.3 Å². The van der Waals surface area contributed by atoms with Crippen LogP contribution in [0.25, 0.3) is 0 Å². The number of amides is 3. The van der Waals surface area contributed by atoms with Crippen LogP contribution in [0.4, 0.5) is 10.5 Å². The Balaban J connectivity index is 2.68. The summed E-state index contributed by atoms with van der Waals surface area (Å²) in [5.74, 6) is -0.557. The highest BCUT2D eigenvalue weighted by molar-refractivity contribution is 9.10. The molecular weight excluding hydrogens is 362 g/mol. The first-order chi connectivity index (χ1) is 10.8. The normalized spacial score (nSPS) is 12.9. The van der Waals surface area contributed by atoms with E-state index in [0.29, 0.717) is 5.69 Å². The molecule has 7 heteroatoms. The zero-order valence-corrected chi connectivity index (χ0v) is 15.1. The van der Waals surface area contributed by atoms with Gasteiger partial charge in [-0.05, 0) is 37.1 Å². The first kappa shape index (κ1) is 19.2. The van der Waals surface area contributed by atoms with Crippen LogP contribution in [0.15, 0.2) is 28.7 Å². The highest BCUT2D eigenvalue weighted by Crippen LogP contribution is 2.14. The number of carbonyl (C=O) groups is 3. The zero-order chi connectivity index (χ0) is 17.4. The number of hydrogen-bond acceptors (Lipinski definition) is 3. The van der Waals surface area contributed by atoms with Crippen molar-refractivity contribution in [1.82, 2.24) is 10.6 Å². The molecule has 126 valence electrons. The minimum absolute atomic E-state index is 0.0399. The fraction of sp³-hybridized carbons (Fsp3) is 0.438. The van der Waals surface area contributed by atoms with Gasteiger partial charge in [-0.25, -0.2) is 4.79 Å². The average molecular weight is 384 g/mol. The van der Waals surface area contributed by atoms with E-state index in [1.807, 2.05) is 13.8 Å². The Labute approximate surface area is 144 Å². The van der Waals surface area contributed by atoms with Crippen LogP contribution >= 0.6 is 15.9 Å². The third kappa shape index (κ3) is 6.81. The molecule has 1 aromatic rings. The second-order valence-corrected chi connectivity index (χ2v) is 6.30. The van der Waals surface area contributed by atoms with Crippen molar-refractivity contribution in [3.63, 3.8) is 0 Å². The molecule has 0 heterocycles. The molecule has 1 aromatic carbocycles. The van der Waals surface area contributed by atoms with Gasteiger partial charge in [-0.3, -0.25) is 9.59 Å². The van der Waals surface area contributed by atoms with Crippen LogP contribution in [0.3, 0.4) is 0 Å². The molecule has 1 rings (SSSR count). The van der Waals surface area contributed by atoms with Crippen LogP contribution < -0.4 is 16.0 Å². The number of Topliss-reactive ketones (excluding diaryl/α,β-unsaturated/α-hetero) is 1. The van der Waals surface area contributed by atoms with Gasteiger partial charge in [0, 0.05) is 10.2 Å². The monoisotopic (exact) mass is 383 g/mol. The summed E-state index contributed by atoms with van der Waals surface area (Å²) < 4.78 is 0.907. The van der Waals surface area contributed by atoms with E-state index in [-0.39, 0.29) is 24.2 Å². The molecule has 0 fully saturated rings. The maximum atomic E-state index is 12.2. The molecule has 0 aliphatic rings. The summed E-state index contributed by atoms with van der Waals surface area (Å²) in [5, 5.41) is 7.89. The molecule has 0 saturated carbocycles. The Hall–Kier alpha value is -1.89. The smallest absolute Gasteiger partial charge is 0.319 e. The fourth-order valence-electron chi connectivity index (χ4n) is 1.87. The number of rotatable bonds is 7. The first-order valence-electron chi connectivity index (χ1n) is 7.43. The Kier molecular flexibility index (Phi) is 7.74. The molecule has 0 radical (unpaired) electrons. The van der Waals surface area contributed by atoms with Gasteiger partial charge in [-0.15, -0.1) is 0 Å². The van der Waals surface area contributed by atoms with Crippen LogP contribution in [0.1, 0.15) is 27.2 Å². The van der Waals surface area contributed by atoms with Crippen LogP contribution in [0.5, 0.6) is 0 Å². The molecular formula is C16H22BrN3O3. The van der Waals surface area contributed by atoms with Gasteiger partial charge in [0.25, 0.3) is 0 Å². The van der Waals surface area contributed by atoms with E-state index in [9.17, 15) is 14.4 Å². The molecule has 23 heavy (non-hydrogen) atoms. The molecule has 0 aliphatic carbocycles. The van der Waals surface area contributed by atoms with E-state index in [2.05, 4.69) is 31.9 Å². The van der Waals surface area contributed by atoms with E-state index in [1.54, 1.807) is 24.3 Å². The number of hydrogen-bond donors (Lipinski definition) is 3. The summed E-state index contributed by atoms with van der Waals surface area (Å²) in [6.45, 7) is 5.16. The zero-order valence-electron chi connectivity index (χ0n) is 13.5. The number of benzene rings is 1. The fourth-order valence-corrected chi connectivity index (χ4v) is 2.13. The number of halogens is 1. The molecule has 0 aromatic heterocycles. The van der Waals surface area contributed by atoms with Crippen molar-refractivity contribution in [3.05, 3.63) is 28.7 Å². The van der Waals surface area contributed by atoms with Crippen molar-refractivity contribution in [1.29, 1.82) is 0 Å². The van der Waals surface area contributed by atoms with Crippen molar-refractivity contribution in [3.8, 4) is 0 Å². The van der Waals surface area contributed by atoms with Crippen LogP contribution in [0, 0.1) is 5.92 Å². The van der Waals surface area contributed by atoms with Crippen LogP contribution in [0.2, 0.25) is 0 Å². The SMILES string of the molecule is CCC(C)C(NC(=O)Nc1ccc(Br)cc1)C(=O)NCC(C)=O. The van der Waals surface area contributed by atoms with Gasteiger partial charge in [0.15, 0.2) is 0 Å². The minimum atomic E-state index is -0.699. The molecule has 0 aliphatic heterocycles. The number of ketones is 1. The third-order valence-electron chi connectivity index (χ3n) is 3.40. The summed E-state index contributed by atoms with van der Waals surface area (Å²) in [4.78, 5) is 35.2. The number of anilines is 1. The van der Waals surface area contributed by atoms with Crippen molar-refractivity contribution in [2.24, 2.45) is 5.92 Å². The van der Waals surface area contributed by atoms with Gasteiger partial charge in [-0.2, -0.15) is 0 Å². The Morgan fingerprint density at radius 1 is 1.17 bits per heavy atom. The lowest BCUT2D eigenvalue weighted by Crippen LogP contribution is -2.52. The maximum Gasteiger partial charge on any atom is 0.319 e. The second-order valence-electron chi connectivity index (χ2n) is 5.39. The van der Waals surface area contributed by atoms with Gasteiger partial charge < -0.3 is 16.0 Å². The van der Waals surface area contributed by atoms with Gasteiger partial charge in [0.1, 0.15) is 11.8 Å². The van der Waals surface area contributed by atoms with E-state index < -0.39 is 12.1 Å². The molecule has 2 atom stereocenters.